The molecule has 6 heteroatoms. The van der Waals surface area contributed by atoms with Crippen LogP contribution in [0.15, 0.2) is 18.2 Å². The van der Waals surface area contributed by atoms with Crippen LogP contribution in [0.25, 0.3) is 0 Å². The fraction of sp³-hybridized carbons (Fsp3) is 0.333. The van der Waals surface area contributed by atoms with Gasteiger partial charge in [-0.05, 0) is 25.7 Å². The minimum absolute atomic E-state index is 0.225. The first-order chi connectivity index (χ1) is 6.93. The van der Waals surface area contributed by atoms with Gasteiger partial charge in [-0.15, -0.1) is 0 Å². The van der Waals surface area contributed by atoms with E-state index in [1.807, 2.05) is 0 Å². The van der Waals surface area contributed by atoms with Gasteiger partial charge < -0.3 is 15.2 Å². The summed E-state index contributed by atoms with van der Waals surface area (Å²) in [7, 11) is 1.86. The van der Waals surface area contributed by atoms with Crippen molar-refractivity contribution in [3.8, 4) is 0 Å². The minimum atomic E-state index is -1.59. The van der Waals surface area contributed by atoms with Gasteiger partial charge in [0.15, 0.2) is 0 Å². The molecule has 0 amide bonds. The molecule has 0 saturated heterocycles. The van der Waals surface area contributed by atoms with Crippen LogP contribution < -0.4 is 5.46 Å². The lowest BCUT2D eigenvalue weighted by molar-refractivity contribution is 0.0395. The highest BCUT2D eigenvalue weighted by atomic mass is 35.5. The van der Waals surface area contributed by atoms with E-state index in [9.17, 15) is 5.11 Å². The molecule has 0 aliphatic carbocycles. The maximum Gasteiger partial charge on any atom is 0.489 e. The van der Waals surface area contributed by atoms with Crippen LogP contribution in [0, 0.1) is 0 Å². The molecule has 1 rings (SSSR count). The van der Waals surface area contributed by atoms with Crippen molar-refractivity contribution in [1.29, 1.82) is 0 Å². The molecule has 15 heavy (non-hydrogen) atoms. The molecule has 3 N–H and O–H groups in total. The largest absolute Gasteiger partial charge is 0.489 e. The van der Waals surface area contributed by atoms with Crippen LogP contribution in [0.5, 0.6) is 0 Å². The van der Waals surface area contributed by atoms with Crippen molar-refractivity contribution < 1.29 is 15.2 Å². The van der Waals surface area contributed by atoms with Gasteiger partial charge in [-0.2, -0.15) is 0 Å². The van der Waals surface area contributed by atoms with E-state index in [1.54, 1.807) is 25.1 Å². The summed E-state index contributed by atoms with van der Waals surface area (Å²) in [6.07, 6.45) is -0.757. The monoisotopic (exact) mass is 229 g/mol. The number of benzene rings is 1. The molecule has 0 heterocycles. The molecule has 0 saturated carbocycles. The molecule has 1 atom stereocenters. The van der Waals surface area contributed by atoms with Gasteiger partial charge in [-0.25, -0.2) is 0 Å². The average molecular weight is 229 g/mol. The van der Waals surface area contributed by atoms with E-state index in [1.165, 1.54) is 12.1 Å². The second kappa shape index (κ2) is 4.96. The molecule has 0 aliphatic heterocycles. The third-order valence-electron chi connectivity index (χ3n) is 2.09. The molecule has 1 unspecified atom stereocenters. The van der Waals surface area contributed by atoms with Gasteiger partial charge >= 0.3 is 7.12 Å². The van der Waals surface area contributed by atoms with Crippen LogP contribution in [-0.4, -0.2) is 41.3 Å². The van der Waals surface area contributed by atoms with E-state index >= 15 is 0 Å². The second-order valence-electron chi connectivity index (χ2n) is 3.49. The predicted molar refractivity (Wildman–Crippen MR) is 59.9 cm³/mol. The molecule has 0 radical (unpaired) electrons. The Labute approximate surface area is 93.9 Å². The maximum absolute atomic E-state index is 9.69. The lowest BCUT2D eigenvalue weighted by atomic mass is 9.80. The molecule has 82 valence electrons. The highest BCUT2D eigenvalue weighted by Crippen LogP contribution is 2.17. The Balaban J connectivity index is 3.01. The number of aliphatic hydroxyl groups excluding tert-OH is 1. The first-order valence-electron chi connectivity index (χ1n) is 4.43. The number of nitrogens with zero attached hydrogens (tertiary/aromatic N) is 1. The first kappa shape index (κ1) is 12.5. The summed E-state index contributed by atoms with van der Waals surface area (Å²) in [5.41, 5.74) is 0.834. The Morgan fingerprint density at radius 2 is 1.93 bits per heavy atom. The molecule has 0 spiro atoms. The molecular weight excluding hydrogens is 216 g/mol. The standard InChI is InChI=1S/C9H13BClNO3/c1-12(2)9(13)6-3-4-7(10(14)15)8(11)5-6/h3-5,9,13-15H,1-2H3. The van der Waals surface area contributed by atoms with Crippen LogP contribution >= 0.6 is 11.6 Å². The quantitative estimate of drug-likeness (QED) is 0.486. The maximum atomic E-state index is 9.69. The summed E-state index contributed by atoms with van der Waals surface area (Å²) in [5.74, 6) is 0. The molecule has 0 fully saturated rings. The summed E-state index contributed by atoms with van der Waals surface area (Å²) in [6.45, 7) is 0. The van der Waals surface area contributed by atoms with Crippen LogP contribution in [-0.2, 0) is 0 Å². The average Bonchev–Trinajstić information content (AvgIpc) is 2.15. The van der Waals surface area contributed by atoms with E-state index in [0.29, 0.717) is 5.56 Å². The third kappa shape index (κ3) is 2.93. The summed E-state index contributed by atoms with van der Waals surface area (Å²) >= 11 is 5.82. The fourth-order valence-electron chi connectivity index (χ4n) is 1.21. The van der Waals surface area contributed by atoms with Gasteiger partial charge in [0.25, 0.3) is 0 Å². The number of aliphatic hydroxyl groups is 1. The Bertz CT molecular complexity index is 346. The van der Waals surface area contributed by atoms with Gasteiger partial charge in [0, 0.05) is 10.5 Å². The molecule has 1 aromatic rings. The Morgan fingerprint density at radius 3 is 2.33 bits per heavy atom. The predicted octanol–water partition coefficient (Wildman–Crippen LogP) is -0.428. The number of rotatable bonds is 3. The Hall–Kier alpha value is -0.585. The van der Waals surface area contributed by atoms with Crippen molar-refractivity contribution in [2.75, 3.05) is 14.1 Å². The number of halogens is 1. The van der Waals surface area contributed by atoms with E-state index in [0.717, 1.165) is 0 Å². The van der Waals surface area contributed by atoms with Crippen LogP contribution in [0.1, 0.15) is 11.8 Å². The van der Waals surface area contributed by atoms with E-state index in [2.05, 4.69) is 0 Å². The van der Waals surface area contributed by atoms with Crippen molar-refractivity contribution in [3.63, 3.8) is 0 Å². The third-order valence-corrected chi connectivity index (χ3v) is 2.42. The fourth-order valence-corrected chi connectivity index (χ4v) is 1.50. The second-order valence-corrected chi connectivity index (χ2v) is 3.90. The topological polar surface area (TPSA) is 63.9 Å². The Morgan fingerprint density at radius 1 is 1.33 bits per heavy atom. The van der Waals surface area contributed by atoms with Crippen molar-refractivity contribution in [2.45, 2.75) is 6.23 Å². The zero-order valence-electron chi connectivity index (χ0n) is 8.55. The van der Waals surface area contributed by atoms with Crippen LogP contribution in [0.2, 0.25) is 5.02 Å². The van der Waals surface area contributed by atoms with E-state index < -0.39 is 13.3 Å². The number of hydrogen-bond donors (Lipinski definition) is 3. The Kier molecular flexibility index (Phi) is 4.13. The summed E-state index contributed by atoms with van der Waals surface area (Å²) in [4.78, 5) is 1.61. The van der Waals surface area contributed by atoms with Crippen molar-refractivity contribution in [2.24, 2.45) is 0 Å². The minimum Gasteiger partial charge on any atom is -0.423 e. The van der Waals surface area contributed by atoms with Crippen molar-refractivity contribution >= 4 is 24.2 Å². The zero-order chi connectivity index (χ0) is 11.6. The summed E-state index contributed by atoms with van der Waals surface area (Å²) in [6, 6.07) is 4.60. The smallest absolute Gasteiger partial charge is 0.423 e. The lowest BCUT2D eigenvalue weighted by Gasteiger charge is -2.19. The molecule has 0 aromatic heterocycles. The van der Waals surface area contributed by atoms with E-state index in [4.69, 9.17) is 21.6 Å². The molecular formula is C9H13BClNO3. The number of hydrogen-bond acceptors (Lipinski definition) is 4. The highest BCUT2D eigenvalue weighted by Gasteiger charge is 2.17. The van der Waals surface area contributed by atoms with E-state index in [-0.39, 0.29) is 10.5 Å². The highest BCUT2D eigenvalue weighted by molar-refractivity contribution is 6.62. The lowest BCUT2D eigenvalue weighted by Crippen LogP contribution is -2.31. The molecule has 1 aromatic carbocycles. The van der Waals surface area contributed by atoms with Gasteiger partial charge in [-0.1, -0.05) is 23.7 Å². The first-order valence-corrected chi connectivity index (χ1v) is 4.81. The normalized spacial score (nSPS) is 13.0. The van der Waals surface area contributed by atoms with Gasteiger partial charge in [0.05, 0.1) is 0 Å². The van der Waals surface area contributed by atoms with Gasteiger partial charge in [-0.3, -0.25) is 4.90 Å². The molecule has 0 bridgehead atoms. The molecule has 0 aliphatic rings. The summed E-state index contributed by atoms with van der Waals surface area (Å²) < 4.78 is 0. The van der Waals surface area contributed by atoms with Crippen molar-refractivity contribution in [3.05, 3.63) is 28.8 Å². The van der Waals surface area contributed by atoms with Crippen LogP contribution in [0.3, 0.4) is 0 Å². The molecule has 4 nitrogen and oxygen atoms in total. The van der Waals surface area contributed by atoms with Gasteiger partial charge in [0.2, 0.25) is 0 Å². The summed E-state index contributed by atoms with van der Waals surface area (Å²) in [5, 5.41) is 27.8. The zero-order valence-corrected chi connectivity index (χ0v) is 9.31. The SMILES string of the molecule is CN(C)C(O)c1ccc(B(O)O)c(Cl)c1. The van der Waals surface area contributed by atoms with Crippen LogP contribution in [0.4, 0.5) is 0 Å². The van der Waals surface area contributed by atoms with Gasteiger partial charge in [0.1, 0.15) is 6.23 Å². The van der Waals surface area contributed by atoms with Crippen molar-refractivity contribution in [1.82, 2.24) is 4.90 Å².